The Morgan fingerprint density at radius 3 is 2.72 bits per heavy atom. The van der Waals surface area contributed by atoms with Gasteiger partial charge in [-0.1, -0.05) is 19.0 Å². The number of rotatable bonds is 5. The Balaban J connectivity index is 2.59. The fourth-order valence-electron chi connectivity index (χ4n) is 1.27. The van der Waals surface area contributed by atoms with Crippen LogP contribution in [0.3, 0.4) is 0 Å². The number of halogens is 2. The van der Waals surface area contributed by atoms with Crippen LogP contribution in [0.25, 0.3) is 0 Å². The molecule has 0 aliphatic heterocycles. The molecule has 0 atom stereocenters. The SMILES string of the molecule is CC(C)(CCSc1cc(F)ccc1F)C(N)=NO. The van der Waals surface area contributed by atoms with Crippen LogP contribution in [-0.2, 0) is 0 Å². The highest BCUT2D eigenvalue weighted by Gasteiger charge is 2.23. The number of amidine groups is 1. The maximum absolute atomic E-state index is 13.3. The van der Waals surface area contributed by atoms with Crippen molar-refractivity contribution in [3.05, 3.63) is 29.8 Å². The first-order chi connectivity index (χ1) is 8.36. The molecule has 1 aromatic carbocycles. The smallest absolute Gasteiger partial charge is 0.144 e. The second kappa shape index (κ2) is 6.04. The highest BCUT2D eigenvalue weighted by Crippen LogP contribution is 2.28. The molecule has 0 aliphatic rings. The van der Waals surface area contributed by atoms with Crippen molar-refractivity contribution in [1.82, 2.24) is 0 Å². The van der Waals surface area contributed by atoms with Crippen molar-refractivity contribution in [3.63, 3.8) is 0 Å². The summed E-state index contributed by atoms with van der Waals surface area (Å²) < 4.78 is 26.3. The van der Waals surface area contributed by atoms with E-state index in [2.05, 4.69) is 5.16 Å². The average Bonchev–Trinajstić information content (AvgIpc) is 2.32. The van der Waals surface area contributed by atoms with Crippen molar-refractivity contribution in [2.24, 2.45) is 16.3 Å². The zero-order valence-electron chi connectivity index (χ0n) is 10.3. The predicted octanol–water partition coefficient (Wildman–Crippen LogP) is 3.22. The molecule has 1 aromatic rings. The molecule has 0 spiro atoms. The summed E-state index contributed by atoms with van der Waals surface area (Å²) in [5, 5.41) is 11.6. The molecule has 0 radical (unpaired) electrons. The van der Waals surface area contributed by atoms with Gasteiger partial charge in [-0.3, -0.25) is 0 Å². The summed E-state index contributed by atoms with van der Waals surface area (Å²) >= 11 is 1.21. The lowest BCUT2D eigenvalue weighted by Crippen LogP contribution is -2.32. The molecule has 100 valence electrons. The van der Waals surface area contributed by atoms with E-state index in [0.29, 0.717) is 12.2 Å². The van der Waals surface area contributed by atoms with E-state index in [4.69, 9.17) is 10.9 Å². The van der Waals surface area contributed by atoms with Gasteiger partial charge in [0.15, 0.2) is 0 Å². The van der Waals surface area contributed by atoms with E-state index >= 15 is 0 Å². The Morgan fingerprint density at radius 2 is 2.11 bits per heavy atom. The lowest BCUT2D eigenvalue weighted by atomic mass is 9.89. The molecular weight excluding hydrogens is 258 g/mol. The maximum atomic E-state index is 13.3. The van der Waals surface area contributed by atoms with Crippen LogP contribution in [-0.4, -0.2) is 16.8 Å². The van der Waals surface area contributed by atoms with Crippen molar-refractivity contribution in [3.8, 4) is 0 Å². The van der Waals surface area contributed by atoms with Crippen LogP contribution < -0.4 is 5.73 Å². The third kappa shape index (κ3) is 3.87. The van der Waals surface area contributed by atoms with E-state index in [1.807, 2.05) is 13.8 Å². The zero-order chi connectivity index (χ0) is 13.8. The number of oxime groups is 1. The lowest BCUT2D eigenvalue weighted by molar-refractivity contribution is 0.307. The first kappa shape index (κ1) is 14.8. The molecule has 6 heteroatoms. The summed E-state index contributed by atoms with van der Waals surface area (Å²) in [5.74, 6) is -0.232. The van der Waals surface area contributed by atoms with E-state index < -0.39 is 17.0 Å². The quantitative estimate of drug-likeness (QED) is 0.285. The van der Waals surface area contributed by atoms with Crippen LogP contribution in [0.15, 0.2) is 28.3 Å². The molecule has 1 rings (SSSR count). The van der Waals surface area contributed by atoms with Crippen molar-refractivity contribution in [2.75, 3.05) is 5.75 Å². The summed E-state index contributed by atoms with van der Waals surface area (Å²) in [5.41, 5.74) is 5.06. The van der Waals surface area contributed by atoms with Gasteiger partial charge in [0.25, 0.3) is 0 Å². The maximum Gasteiger partial charge on any atom is 0.144 e. The van der Waals surface area contributed by atoms with Gasteiger partial charge in [-0.2, -0.15) is 0 Å². The lowest BCUT2D eigenvalue weighted by Gasteiger charge is -2.22. The van der Waals surface area contributed by atoms with Crippen molar-refractivity contribution >= 4 is 17.6 Å². The molecule has 3 N–H and O–H groups in total. The second-order valence-electron chi connectivity index (χ2n) is 4.54. The monoisotopic (exact) mass is 274 g/mol. The van der Waals surface area contributed by atoms with Gasteiger partial charge in [0, 0.05) is 10.3 Å². The van der Waals surface area contributed by atoms with Crippen molar-refractivity contribution < 1.29 is 14.0 Å². The average molecular weight is 274 g/mol. The van der Waals surface area contributed by atoms with Crippen LogP contribution in [0, 0.1) is 17.0 Å². The van der Waals surface area contributed by atoms with Crippen LogP contribution in [0.2, 0.25) is 0 Å². The van der Waals surface area contributed by atoms with Crippen molar-refractivity contribution in [2.45, 2.75) is 25.2 Å². The fourth-order valence-corrected chi connectivity index (χ4v) is 2.50. The standard InChI is InChI=1S/C12H16F2N2OS/c1-12(2,11(15)16-17)5-6-18-10-7-8(13)3-4-9(10)14/h3-4,7,17H,5-6H2,1-2H3,(H2,15,16). The van der Waals surface area contributed by atoms with Gasteiger partial charge in [0.1, 0.15) is 17.5 Å². The number of benzene rings is 1. The molecule has 0 heterocycles. The van der Waals surface area contributed by atoms with Gasteiger partial charge in [-0.25, -0.2) is 8.78 Å². The number of hydrogen-bond donors (Lipinski definition) is 2. The van der Waals surface area contributed by atoms with Crippen LogP contribution >= 0.6 is 11.8 Å². The molecule has 0 saturated carbocycles. The molecule has 3 nitrogen and oxygen atoms in total. The Labute approximate surface area is 109 Å². The Morgan fingerprint density at radius 1 is 1.44 bits per heavy atom. The van der Waals surface area contributed by atoms with Crippen LogP contribution in [0.1, 0.15) is 20.3 Å². The topological polar surface area (TPSA) is 58.6 Å². The van der Waals surface area contributed by atoms with E-state index in [9.17, 15) is 8.78 Å². The second-order valence-corrected chi connectivity index (χ2v) is 5.68. The Hall–Kier alpha value is -1.30. The van der Waals surface area contributed by atoms with E-state index in [-0.39, 0.29) is 10.7 Å². The van der Waals surface area contributed by atoms with E-state index in [1.54, 1.807) is 0 Å². The van der Waals surface area contributed by atoms with Crippen LogP contribution in [0.5, 0.6) is 0 Å². The minimum Gasteiger partial charge on any atom is -0.409 e. The summed E-state index contributed by atoms with van der Waals surface area (Å²) in [6, 6.07) is 3.35. The minimum atomic E-state index is -0.481. The normalized spacial score (nSPS) is 12.8. The summed E-state index contributed by atoms with van der Waals surface area (Å²) in [6.45, 7) is 3.65. The fraction of sp³-hybridized carbons (Fsp3) is 0.417. The first-order valence-electron chi connectivity index (χ1n) is 5.42. The highest BCUT2D eigenvalue weighted by molar-refractivity contribution is 7.99. The first-order valence-corrected chi connectivity index (χ1v) is 6.41. The van der Waals surface area contributed by atoms with E-state index in [0.717, 1.165) is 18.2 Å². The molecular formula is C12H16F2N2OS. The summed E-state index contributed by atoms with van der Waals surface area (Å²) in [6.07, 6.45) is 0.587. The van der Waals surface area contributed by atoms with Gasteiger partial charge in [-0.15, -0.1) is 11.8 Å². The van der Waals surface area contributed by atoms with Crippen molar-refractivity contribution in [1.29, 1.82) is 0 Å². The van der Waals surface area contributed by atoms with Gasteiger partial charge < -0.3 is 10.9 Å². The highest BCUT2D eigenvalue weighted by atomic mass is 32.2. The number of nitrogens with two attached hydrogens (primary N) is 1. The Bertz CT molecular complexity index is 450. The number of hydrogen-bond acceptors (Lipinski definition) is 3. The molecule has 0 amide bonds. The molecule has 0 fully saturated rings. The number of nitrogens with zero attached hydrogens (tertiary/aromatic N) is 1. The zero-order valence-corrected chi connectivity index (χ0v) is 11.1. The van der Waals surface area contributed by atoms with Gasteiger partial charge in [0.05, 0.1) is 0 Å². The molecule has 0 bridgehead atoms. The number of thioether (sulfide) groups is 1. The van der Waals surface area contributed by atoms with Crippen LogP contribution in [0.4, 0.5) is 8.78 Å². The van der Waals surface area contributed by atoms with Gasteiger partial charge in [-0.05, 0) is 30.4 Å². The molecule has 18 heavy (non-hydrogen) atoms. The third-order valence-corrected chi connectivity index (χ3v) is 3.71. The van der Waals surface area contributed by atoms with Gasteiger partial charge >= 0.3 is 0 Å². The van der Waals surface area contributed by atoms with Gasteiger partial charge in [0.2, 0.25) is 0 Å². The summed E-state index contributed by atoms with van der Waals surface area (Å²) in [4.78, 5) is 0.269. The largest absolute Gasteiger partial charge is 0.409 e. The minimum absolute atomic E-state index is 0.128. The molecule has 0 aromatic heterocycles. The molecule has 0 aliphatic carbocycles. The van der Waals surface area contributed by atoms with E-state index in [1.165, 1.54) is 11.8 Å². The third-order valence-electron chi connectivity index (χ3n) is 2.68. The Kier molecular flexibility index (Phi) is 4.95. The summed E-state index contributed by atoms with van der Waals surface area (Å²) in [7, 11) is 0. The molecule has 0 saturated heterocycles. The molecule has 0 unspecified atom stereocenters. The predicted molar refractivity (Wildman–Crippen MR) is 68.9 cm³/mol.